The zero-order valence-electron chi connectivity index (χ0n) is 12.5. The topological polar surface area (TPSA) is 38.7 Å². The Morgan fingerprint density at radius 1 is 1.42 bits per heavy atom. The summed E-state index contributed by atoms with van der Waals surface area (Å²) in [5.41, 5.74) is 3.16. The number of hydrogen-bond donors (Lipinski definition) is 1. The summed E-state index contributed by atoms with van der Waals surface area (Å²) in [5, 5.41) is 10.6. The van der Waals surface area contributed by atoms with E-state index < -0.39 is 11.9 Å². The number of methoxy groups -OCH3 is 1. The van der Waals surface area contributed by atoms with Crippen LogP contribution in [0.5, 0.6) is 0 Å². The zero-order chi connectivity index (χ0) is 14.3. The van der Waals surface area contributed by atoms with E-state index in [1.807, 2.05) is 20.8 Å². The van der Waals surface area contributed by atoms with Gasteiger partial charge in [0.2, 0.25) is 0 Å². The maximum Gasteiger partial charge on any atom is 0.162 e. The van der Waals surface area contributed by atoms with Crippen molar-refractivity contribution >= 4 is 0 Å². The van der Waals surface area contributed by atoms with E-state index >= 15 is 0 Å². The van der Waals surface area contributed by atoms with Crippen LogP contribution in [0.4, 0.5) is 0 Å². The van der Waals surface area contributed by atoms with Gasteiger partial charge >= 0.3 is 0 Å². The van der Waals surface area contributed by atoms with E-state index in [4.69, 9.17) is 9.47 Å². The highest BCUT2D eigenvalue weighted by Gasteiger charge is 2.42. The Balaban J connectivity index is 2.15. The van der Waals surface area contributed by atoms with Crippen molar-refractivity contribution in [2.24, 2.45) is 5.41 Å². The molecule has 0 saturated carbocycles. The molecule has 0 unspecified atom stereocenters. The molecule has 0 aliphatic heterocycles. The van der Waals surface area contributed by atoms with Crippen molar-refractivity contribution in [3.05, 3.63) is 34.9 Å². The Labute approximate surface area is 115 Å². The van der Waals surface area contributed by atoms with Crippen molar-refractivity contribution in [1.82, 2.24) is 0 Å². The minimum Gasteiger partial charge on any atom is -0.388 e. The molecule has 1 aliphatic carbocycles. The van der Waals surface area contributed by atoms with E-state index in [2.05, 4.69) is 25.1 Å². The average molecular weight is 264 g/mol. The van der Waals surface area contributed by atoms with Gasteiger partial charge in [-0.05, 0) is 38.3 Å². The lowest BCUT2D eigenvalue weighted by atomic mass is 9.85. The average Bonchev–Trinajstić information content (AvgIpc) is 2.61. The van der Waals surface area contributed by atoms with E-state index in [-0.39, 0.29) is 5.41 Å². The highest BCUT2D eigenvalue weighted by atomic mass is 16.7. The third kappa shape index (κ3) is 2.83. The standard InChI is InChI=1S/C16H24O3/c1-11-6-7-12-9-16(4,14(17)13(12)8-11)10-19-15(2,3)18-5/h6-8,14,17H,9-10H2,1-5H3/t14-,16+/m1/s1. The van der Waals surface area contributed by atoms with Gasteiger partial charge in [0, 0.05) is 12.5 Å². The summed E-state index contributed by atoms with van der Waals surface area (Å²) in [5.74, 6) is -0.618. The molecule has 1 aromatic rings. The Morgan fingerprint density at radius 3 is 2.74 bits per heavy atom. The van der Waals surface area contributed by atoms with Crippen molar-refractivity contribution < 1.29 is 14.6 Å². The SMILES string of the molecule is COC(C)(C)OC[C@]1(C)Cc2ccc(C)cc2[C@H]1O. The van der Waals surface area contributed by atoms with E-state index in [0.717, 1.165) is 12.0 Å². The monoisotopic (exact) mass is 264 g/mol. The molecular formula is C16H24O3. The second-order valence-electron chi connectivity index (χ2n) is 6.33. The second-order valence-corrected chi connectivity index (χ2v) is 6.33. The molecule has 19 heavy (non-hydrogen) atoms. The molecule has 0 spiro atoms. The molecule has 2 rings (SSSR count). The van der Waals surface area contributed by atoms with Crippen LogP contribution in [0.15, 0.2) is 18.2 Å². The lowest BCUT2D eigenvalue weighted by Crippen LogP contribution is -2.35. The highest BCUT2D eigenvalue weighted by Crippen LogP contribution is 2.46. The van der Waals surface area contributed by atoms with Crippen LogP contribution in [0.25, 0.3) is 0 Å². The molecule has 0 bridgehead atoms. The summed E-state index contributed by atoms with van der Waals surface area (Å²) in [7, 11) is 1.63. The smallest absolute Gasteiger partial charge is 0.162 e. The van der Waals surface area contributed by atoms with Gasteiger partial charge in [0.25, 0.3) is 0 Å². The molecule has 3 heteroatoms. The maximum atomic E-state index is 10.6. The largest absolute Gasteiger partial charge is 0.388 e. The van der Waals surface area contributed by atoms with Gasteiger partial charge in [0.15, 0.2) is 5.79 Å². The predicted octanol–water partition coefficient (Wildman–Crippen LogP) is 2.99. The van der Waals surface area contributed by atoms with Gasteiger partial charge in [-0.3, -0.25) is 0 Å². The number of aryl methyl sites for hydroxylation is 1. The molecule has 0 radical (unpaired) electrons. The first-order chi connectivity index (χ1) is 8.77. The molecule has 0 amide bonds. The summed E-state index contributed by atoms with van der Waals surface area (Å²) >= 11 is 0. The fourth-order valence-electron chi connectivity index (χ4n) is 2.56. The lowest BCUT2D eigenvalue weighted by Gasteiger charge is -2.33. The quantitative estimate of drug-likeness (QED) is 0.850. The fraction of sp³-hybridized carbons (Fsp3) is 0.625. The fourth-order valence-corrected chi connectivity index (χ4v) is 2.56. The first-order valence-electron chi connectivity index (χ1n) is 6.74. The Morgan fingerprint density at radius 2 is 2.11 bits per heavy atom. The molecule has 0 aromatic heterocycles. The van der Waals surface area contributed by atoms with Crippen molar-refractivity contribution in [2.45, 2.75) is 46.0 Å². The number of ether oxygens (including phenoxy) is 2. The number of aliphatic hydroxyl groups is 1. The molecule has 0 saturated heterocycles. The minimum atomic E-state index is -0.618. The van der Waals surface area contributed by atoms with Gasteiger partial charge in [-0.1, -0.05) is 30.7 Å². The summed E-state index contributed by atoms with van der Waals surface area (Å²) in [6.07, 6.45) is 0.360. The van der Waals surface area contributed by atoms with Crippen molar-refractivity contribution in [2.75, 3.05) is 13.7 Å². The van der Waals surface area contributed by atoms with Crippen LogP contribution in [0.2, 0.25) is 0 Å². The Bertz CT molecular complexity index is 467. The number of aliphatic hydroxyl groups excluding tert-OH is 1. The van der Waals surface area contributed by atoms with Crippen LogP contribution >= 0.6 is 0 Å². The molecule has 1 aromatic carbocycles. The normalized spacial score (nSPS) is 26.5. The molecule has 2 atom stereocenters. The van der Waals surface area contributed by atoms with Crippen LogP contribution in [0, 0.1) is 12.3 Å². The number of rotatable bonds is 4. The van der Waals surface area contributed by atoms with Crippen molar-refractivity contribution in [1.29, 1.82) is 0 Å². The maximum absolute atomic E-state index is 10.6. The summed E-state index contributed by atoms with van der Waals surface area (Å²) in [4.78, 5) is 0. The van der Waals surface area contributed by atoms with Crippen LogP contribution < -0.4 is 0 Å². The number of benzene rings is 1. The number of hydrogen-bond acceptors (Lipinski definition) is 3. The molecule has 1 aliphatic rings. The van der Waals surface area contributed by atoms with Crippen LogP contribution in [-0.2, 0) is 15.9 Å². The Kier molecular flexibility index (Phi) is 3.74. The first-order valence-corrected chi connectivity index (χ1v) is 6.74. The summed E-state index contributed by atoms with van der Waals surface area (Å²) in [6, 6.07) is 6.28. The molecule has 106 valence electrons. The van der Waals surface area contributed by atoms with Crippen LogP contribution in [-0.4, -0.2) is 24.6 Å². The molecule has 3 nitrogen and oxygen atoms in total. The van der Waals surface area contributed by atoms with Crippen LogP contribution in [0.1, 0.15) is 43.6 Å². The van der Waals surface area contributed by atoms with Gasteiger partial charge in [-0.2, -0.15) is 0 Å². The van der Waals surface area contributed by atoms with E-state index in [9.17, 15) is 5.11 Å². The van der Waals surface area contributed by atoms with E-state index in [0.29, 0.717) is 6.61 Å². The second kappa shape index (κ2) is 4.89. The first kappa shape index (κ1) is 14.5. The molecule has 0 fully saturated rings. The highest BCUT2D eigenvalue weighted by molar-refractivity contribution is 5.39. The summed E-state index contributed by atoms with van der Waals surface area (Å²) < 4.78 is 11.1. The third-order valence-corrected chi connectivity index (χ3v) is 4.09. The lowest BCUT2D eigenvalue weighted by molar-refractivity contribution is -0.218. The van der Waals surface area contributed by atoms with E-state index in [1.165, 1.54) is 11.1 Å². The van der Waals surface area contributed by atoms with Gasteiger partial charge in [0.1, 0.15) is 0 Å². The van der Waals surface area contributed by atoms with Gasteiger partial charge in [0.05, 0.1) is 12.7 Å². The molecule has 0 heterocycles. The molecular weight excluding hydrogens is 240 g/mol. The van der Waals surface area contributed by atoms with Crippen molar-refractivity contribution in [3.8, 4) is 0 Å². The minimum absolute atomic E-state index is 0.286. The van der Waals surface area contributed by atoms with Crippen molar-refractivity contribution in [3.63, 3.8) is 0 Å². The summed E-state index contributed by atoms with van der Waals surface area (Å²) in [6.45, 7) is 8.36. The van der Waals surface area contributed by atoms with Gasteiger partial charge in [-0.15, -0.1) is 0 Å². The van der Waals surface area contributed by atoms with Crippen LogP contribution in [0.3, 0.4) is 0 Å². The van der Waals surface area contributed by atoms with E-state index in [1.54, 1.807) is 7.11 Å². The number of fused-ring (bicyclic) bond motifs is 1. The zero-order valence-corrected chi connectivity index (χ0v) is 12.5. The predicted molar refractivity (Wildman–Crippen MR) is 75.0 cm³/mol. The van der Waals surface area contributed by atoms with Gasteiger partial charge in [-0.25, -0.2) is 0 Å². The van der Waals surface area contributed by atoms with Gasteiger partial charge < -0.3 is 14.6 Å². The Hall–Kier alpha value is -0.900. The third-order valence-electron chi connectivity index (χ3n) is 4.09. The molecule has 1 N–H and O–H groups in total.